The Kier molecular flexibility index (Phi) is 4.37. The second-order valence-electron chi connectivity index (χ2n) is 5.02. The molecule has 5 heteroatoms. The van der Waals surface area contributed by atoms with E-state index in [0.717, 1.165) is 38.3 Å². The third-order valence-electron chi connectivity index (χ3n) is 3.43. The maximum atomic E-state index is 11.3. The van der Waals surface area contributed by atoms with Gasteiger partial charge in [0.2, 0.25) is 0 Å². The number of aromatic nitrogens is 1. The molecular weight excluding hydrogens is 244 g/mol. The monoisotopic (exact) mass is 264 g/mol. The highest BCUT2D eigenvalue weighted by atomic mass is 16.5. The SMILES string of the molecule is Cc1cc(NCCC2CCOC2)c(C(=O)O)c(C)n1. The van der Waals surface area contributed by atoms with Gasteiger partial charge in [-0.3, -0.25) is 4.98 Å². The molecule has 0 saturated carbocycles. The zero-order valence-corrected chi connectivity index (χ0v) is 11.4. The van der Waals surface area contributed by atoms with Crippen LogP contribution in [0, 0.1) is 19.8 Å². The lowest BCUT2D eigenvalue weighted by atomic mass is 10.0. The minimum absolute atomic E-state index is 0.272. The second-order valence-corrected chi connectivity index (χ2v) is 5.02. The van der Waals surface area contributed by atoms with E-state index in [9.17, 15) is 9.90 Å². The number of hydrogen-bond acceptors (Lipinski definition) is 4. The molecule has 0 aliphatic carbocycles. The van der Waals surface area contributed by atoms with Gasteiger partial charge in [-0.05, 0) is 38.7 Å². The highest BCUT2D eigenvalue weighted by Gasteiger charge is 2.17. The van der Waals surface area contributed by atoms with Crippen LogP contribution in [0.3, 0.4) is 0 Å². The number of hydrogen-bond donors (Lipinski definition) is 2. The first-order valence-electron chi connectivity index (χ1n) is 6.61. The van der Waals surface area contributed by atoms with E-state index in [0.29, 0.717) is 17.3 Å². The number of carboxylic acid groups (broad SMARTS) is 1. The third-order valence-corrected chi connectivity index (χ3v) is 3.43. The Morgan fingerprint density at radius 3 is 3.00 bits per heavy atom. The predicted molar refractivity (Wildman–Crippen MR) is 72.7 cm³/mol. The van der Waals surface area contributed by atoms with E-state index >= 15 is 0 Å². The summed E-state index contributed by atoms with van der Waals surface area (Å²) < 4.78 is 5.33. The number of carbonyl (C=O) groups is 1. The van der Waals surface area contributed by atoms with Gasteiger partial charge in [0.05, 0.1) is 11.4 Å². The van der Waals surface area contributed by atoms with Crippen molar-refractivity contribution in [3.63, 3.8) is 0 Å². The van der Waals surface area contributed by atoms with Crippen molar-refractivity contribution in [3.05, 3.63) is 23.0 Å². The van der Waals surface area contributed by atoms with E-state index in [-0.39, 0.29) is 5.56 Å². The molecule has 1 aromatic heterocycles. The molecule has 1 aliphatic heterocycles. The van der Waals surface area contributed by atoms with Gasteiger partial charge in [0.1, 0.15) is 5.56 Å². The number of nitrogens with one attached hydrogen (secondary N) is 1. The number of anilines is 1. The first kappa shape index (κ1) is 13.8. The van der Waals surface area contributed by atoms with E-state index < -0.39 is 5.97 Å². The Labute approximate surface area is 113 Å². The Morgan fingerprint density at radius 1 is 1.58 bits per heavy atom. The van der Waals surface area contributed by atoms with Crippen LogP contribution < -0.4 is 5.32 Å². The molecule has 0 radical (unpaired) electrons. The molecule has 1 atom stereocenters. The minimum Gasteiger partial charge on any atom is -0.478 e. The lowest BCUT2D eigenvalue weighted by Gasteiger charge is -2.14. The quantitative estimate of drug-likeness (QED) is 0.853. The summed E-state index contributed by atoms with van der Waals surface area (Å²) in [5.41, 5.74) is 2.32. The zero-order valence-electron chi connectivity index (χ0n) is 11.4. The minimum atomic E-state index is -0.934. The number of aromatic carboxylic acids is 1. The van der Waals surface area contributed by atoms with Gasteiger partial charge < -0.3 is 15.2 Å². The maximum absolute atomic E-state index is 11.3. The maximum Gasteiger partial charge on any atom is 0.339 e. The number of ether oxygens (including phenoxy) is 1. The van der Waals surface area contributed by atoms with Crippen LogP contribution in [0.2, 0.25) is 0 Å². The van der Waals surface area contributed by atoms with Gasteiger partial charge in [-0.2, -0.15) is 0 Å². The number of carboxylic acids is 1. The number of rotatable bonds is 5. The largest absolute Gasteiger partial charge is 0.478 e. The van der Waals surface area contributed by atoms with Crippen molar-refractivity contribution in [2.45, 2.75) is 26.7 Å². The molecule has 1 unspecified atom stereocenters. The molecule has 2 N–H and O–H groups in total. The Morgan fingerprint density at radius 2 is 2.37 bits per heavy atom. The van der Waals surface area contributed by atoms with Crippen molar-refractivity contribution in [2.75, 3.05) is 25.1 Å². The molecule has 0 bridgehead atoms. The Bertz CT molecular complexity index is 468. The number of nitrogens with zero attached hydrogens (tertiary/aromatic N) is 1. The first-order valence-corrected chi connectivity index (χ1v) is 6.61. The van der Waals surface area contributed by atoms with Crippen LogP contribution in [0.1, 0.15) is 34.6 Å². The van der Waals surface area contributed by atoms with E-state index in [4.69, 9.17) is 4.74 Å². The summed E-state index contributed by atoms with van der Waals surface area (Å²) in [4.78, 5) is 15.5. The number of aryl methyl sites for hydroxylation is 2. The molecule has 1 saturated heterocycles. The molecular formula is C14H20N2O3. The average Bonchev–Trinajstić information content (AvgIpc) is 2.80. The summed E-state index contributed by atoms with van der Waals surface area (Å²) in [6.45, 7) is 6.03. The molecule has 19 heavy (non-hydrogen) atoms. The standard InChI is InChI=1S/C14H20N2O3/c1-9-7-12(13(14(17)18)10(2)16-9)15-5-3-11-4-6-19-8-11/h7,11H,3-6,8H2,1-2H3,(H,15,16)(H,17,18). The van der Waals surface area contributed by atoms with Crippen LogP contribution in [0.25, 0.3) is 0 Å². The second kappa shape index (κ2) is 6.02. The van der Waals surface area contributed by atoms with Crippen LogP contribution in [-0.2, 0) is 4.74 Å². The summed E-state index contributed by atoms with van der Waals surface area (Å²) in [6.07, 6.45) is 2.10. The van der Waals surface area contributed by atoms with Gasteiger partial charge in [-0.15, -0.1) is 0 Å². The molecule has 2 rings (SSSR count). The molecule has 0 aromatic carbocycles. The van der Waals surface area contributed by atoms with Gasteiger partial charge in [-0.1, -0.05) is 0 Å². The summed E-state index contributed by atoms with van der Waals surface area (Å²) in [7, 11) is 0. The predicted octanol–water partition coefficient (Wildman–Crippen LogP) is 2.24. The average molecular weight is 264 g/mol. The van der Waals surface area contributed by atoms with Crippen molar-refractivity contribution in [1.29, 1.82) is 0 Å². The molecule has 1 aliphatic rings. The van der Waals surface area contributed by atoms with Crippen molar-refractivity contribution in [3.8, 4) is 0 Å². The van der Waals surface area contributed by atoms with Gasteiger partial charge in [0.15, 0.2) is 0 Å². The van der Waals surface area contributed by atoms with Crippen LogP contribution >= 0.6 is 0 Å². The lowest BCUT2D eigenvalue weighted by molar-refractivity contribution is 0.0696. The van der Waals surface area contributed by atoms with Crippen LogP contribution in [0.4, 0.5) is 5.69 Å². The summed E-state index contributed by atoms with van der Waals surface area (Å²) in [6, 6.07) is 1.79. The van der Waals surface area contributed by atoms with Gasteiger partial charge in [-0.25, -0.2) is 4.79 Å². The summed E-state index contributed by atoms with van der Waals surface area (Å²) >= 11 is 0. The van der Waals surface area contributed by atoms with Crippen molar-refractivity contribution in [1.82, 2.24) is 4.98 Å². The molecule has 2 heterocycles. The van der Waals surface area contributed by atoms with Crippen LogP contribution in [0.15, 0.2) is 6.07 Å². The fraction of sp³-hybridized carbons (Fsp3) is 0.571. The van der Waals surface area contributed by atoms with Crippen molar-refractivity contribution >= 4 is 11.7 Å². The molecule has 1 fully saturated rings. The molecule has 1 aromatic rings. The third kappa shape index (κ3) is 3.44. The number of pyridine rings is 1. The highest BCUT2D eigenvalue weighted by molar-refractivity contribution is 5.95. The Balaban J connectivity index is 2.03. The Hall–Kier alpha value is -1.62. The van der Waals surface area contributed by atoms with Gasteiger partial charge in [0, 0.05) is 25.5 Å². The van der Waals surface area contributed by atoms with E-state index in [1.165, 1.54) is 0 Å². The lowest BCUT2D eigenvalue weighted by Crippen LogP contribution is -2.13. The van der Waals surface area contributed by atoms with E-state index in [2.05, 4.69) is 10.3 Å². The van der Waals surface area contributed by atoms with Crippen LogP contribution in [0.5, 0.6) is 0 Å². The van der Waals surface area contributed by atoms with E-state index in [1.54, 1.807) is 13.0 Å². The molecule has 104 valence electrons. The normalized spacial score (nSPS) is 18.5. The summed E-state index contributed by atoms with van der Waals surface area (Å²) in [5, 5.41) is 12.5. The van der Waals surface area contributed by atoms with Crippen molar-refractivity contribution < 1.29 is 14.6 Å². The summed E-state index contributed by atoms with van der Waals surface area (Å²) in [5.74, 6) is -0.346. The van der Waals surface area contributed by atoms with Gasteiger partial charge in [0.25, 0.3) is 0 Å². The fourth-order valence-corrected chi connectivity index (χ4v) is 2.46. The molecule has 5 nitrogen and oxygen atoms in total. The van der Waals surface area contributed by atoms with Crippen molar-refractivity contribution in [2.24, 2.45) is 5.92 Å². The fourth-order valence-electron chi connectivity index (χ4n) is 2.46. The molecule has 0 spiro atoms. The zero-order chi connectivity index (χ0) is 13.8. The van der Waals surface area contributed by atoms with Crippen LogP contribution in [-0.4, -0.2) is 35.8 Å². The smallest absolute Gasteiger partial charge is 0.339 e. The first-order chi connectivity index (χ1) is 9.08. The van der Waals surface area contributed by atoms with E-state index in [1.807, 2.05) is 6.92 Å². The molecule has 0 amide bonds. The topological polar surface area (TPSA) is 71.5 Å². The highest BCUT2D eigenvalue weighted by Crippen LogP contribution is 2.21. The van der Waals surface area contributed by atoms with Gasteiger partial charge >= 0.3 is 5.97 Å².